The molecule has 3 aromatic rings. The van der Waals surface area contributed by atoms with Gasteiger partial charge in [-0.25, -0.2) is 4.98 Å². The quantitative estimate of drug-likeness (QED) is 0.790. The van der Waals surface area contributed by atoms with Crippen molar-refractivity contribution < 1.29 is 9.53 Å². The first kappa shape index (κ1) is 16.0. The number of halogens is 1. The predicted molar refractivity (Wildman–Crippen MR) is 92.6 cm³/mol. The van der Waals surface area contributed by atoms with Crippen LogP contribution in [0.2, 0.25) is 5.02 Å². The molecule has 2 aromatic carbocycles. The average Bonchev–Trinajstić information content (AvgIpc) is 2.58. The van der Waals surface area contributed by atoms with E-state index >= 15 is 0 Å². The molecule has 0 atom stereocenters. The van der Waals surface area contributed by atoms with E-state index in [9.17, 15) is 9.59 Å². The highest BCUT2D eigenvalue weighted by molar-refractivity contribution is 6.31. The van der Waals surface area contributed by atoms with Crippen LogP contribution in [-0.4, -0.2) is 22.6 Å². The zero-order valence-electron chi connectivity index (χ0n) is 12.8. The number of benzene rings is 2. The van der Waals surface area contributed by atoms with Crippen LogP contribution in [0.3, 0.4) is 0 Å². The molecule has 1 aromatic heterocycles. The van der Waals surface area contributed by atoms with Gasteiger partial charge in [-0.3, -0.25) is 14.2 Å². The summed E-state index contributed by atoms with van der Waals surface area (Å²) in [6.45, 7) is -0.160. The molecule has 3 rings (SSSR count). The molecule has 1 amide bonds. The van der Waals surface area contributed by atoms with Gasteiger partial charge >= 0.3 is 0 Å². The maximum Gasteiger partial charge on any atom is 0.261 e. The number of rotatable bonds is 4. The number of hydrogen-bond acceptors (Lipinski definition) is 4. The van der Waals surface area contributed by atoms with Crippen molar-refractivity contribution in [2.75, 3.05) is 12.4 Å². The Morgan fingerprint density at radius 1 is 1.29 bits per heavy atom. The Balaban J connectivity index is 1.85. The molecule has 0 aliphatic rings. The zero-order valence-corrected chi connectivity index (χ0v) is 13.6. The molecule has 0 aliphatic heterocycles. The fourth-order valence-electron chi connectivity index (χ4n) is 2.34. The molecular weight excluding hydrogens is 330 g/mol. The lowest BCUT2D eigenvalue weighted by Gasteiger charge is -2.11. The molecule has 0 saturated heterocycles. The van der Waals surface area contributed by atoms with Crippen molar-refractivity contribution in [3.63, 3.8) is 0 Å². The highest BCUT2D eigenvalue weighted by atomic mass is 35.5. The highest BCUT2D eigenvalue weighted by Crippen LogP contribution is 2.22. The maximum atomic E-state index is 12.5. The number of nitrogens with one attached hydrogen (secondary N) is 1. The van der Waals surface area contributed by atoms with Gasteiger partial charge in [0.15, 0.2) is 0 Å². The second-order valence-electron chi connectivity index (χ2n) is 5.09. The fourth-order valence-corrected chi connectivity index (χ4v) is 2.51. The third kappa shape index (κ3) is 3.23. The molecule has 6 nitrogen and oxygen atoms in total. The molecule has 0 saturated carbocycles. The van der Waals surface area contributed by atoms with Gasteiger partial charge in [-0.2, -0.15) is 0 Å². The van der Waals surface area contributed by atoms with Gasteiger partial charge in [0, 0.05) is 5.02 Å². The summed E-state index contributed by atoms with van der Waals surface area (Å²) in [6.07, 6.45) is 1.35. The minimum Gasteiger partial charge on any atom is -0.495 e. The number of methoxy groups -OCH3 is 1. The summed E-state index contributed by atoms with van der Waals surface area (Å²) in [5, 5.41) is 3.53. The first-order valence-electron chi connectivity index (χ1n) is 7.16. The average molecular weight is 344 g/mol. The van der Waals surface area contributed by atoms with E-state index in [-0.39, 0.29) is 18.0 Å². The zero-order chi connectivity index (χ0) is 17.1. The van der Waals surface area contributed by atoms with Crippen molar-refractivity contribution in [1.82, 2.24) is 9.55 Å². The minimum atomic E-state index is -0.357. The van der Waals surface area contributed by atoms with Gasteiger partial charge in [-0.1, -0.05) is 23.7 Å². The van der Waals surface area contributed by atoms with E-state index in [4.69, 9.17) is 16.3 Å². The van der Waals surface area contributed by atoms with Crippen molar-refractivity contribution in [1.29, 1.82) is 0 Å². The van der Waals surface area contributed by atoms with Crippen LogP contribution in [0.15, 0.2) is 53.6 Å². The van der Waals surface area contributed by atoms with E-state index in [2.05, 4.69) is 10.3 Å². The predicted octanol–water partition coefficient (Wildman–Crippen LogP) is 2.70. The monoisotopic (exact) mass is 343 g/mol. The molecule has 122 valence electrons. The molecule has 0 spiro atoms. The largest absolute Gasteiger partial charge is 0.495 e. The Labute approximate surface area is 142 Å². The van der Waals surface area contributed by atoms with Gasteiger partial charge in [-0.15, -0.1) is 0 Å². The van der Waals surface area contributed by atoms with Crippen LogP contribution in [0, 0.1) is 0 Å². The number of ether oxygens (including phenoxy) is 1. The van der Waals surface area contributed by atoms with Crippen LogP contribution in [0.25, 0.3) is 10.9 Å². The van der Waals surface area contributed by atoms with E-state index in [1.807, 2.05) is 0 Å². The highest BCUT2D eigenvalue weighted by Gasteiger charge is 2.10. The van der Waals surface area contributed by atoms with E-state index < -0.39 is 0 Å². The van der Waals surface area contributed by atoms with Crippen molar-refractivity contribution in [2.24, 2.45) is 0 Å². The van der Waals surface area contributed by atoms with Crippen LogP contribution in [0.4, 0.5) is 5.69 Å². The van der Waals surface area contributed by atoms with Gasteiger partial charge in [0.05, 0.1) is 30.0 Å². The second kappa shape index (κ2) is 6.72. The molecule has 7 heteroatoms. The maximum absolute atomic E-state index is 12.5. The third-order valence-electron chi connectivity index (χ3n) is 3.48. The SMILES string of the molecule is COc1ccccc1NC(=O)Cn1cnc2ccc(Cl)cc2c1=O. The smallest absolute Gasteiger partial charge is 0.261 e. The first-order chi connectivity index (χ1) is 11.6. The van der Waals surface area contributed by atoms with Gasteiger partial charge in [0.25, 0.3) is 5.56 Å². The second-order valence-corrected chi connectivity index (χ2v) is 5.52. The lowest BCUT2D eigenvalue weighted by atomic mass is 10.2. The molecule has 0 aliphatic carbocycles. The Morgan fingerprint density at radius 3 is 2.88 bits per heavy atom. The normalized spacial score (nSPS) is 10.6. The summed E-state index contributed by atoms with van der Waals surface area (Å²) >= 11 is 5.92. The Morgan fingerprint density at radius 2 is 2.08 bits per heavy atom. The summed E-state index contributed by atoms with van der Waals surface area (Å²) < 4.78 is 6.42. The van der Waals surface area contributed by atoms with Crippen molar-refractivity contribution in [3.05, 3.63) is 64.2 Å². The van der Waals surface area contributed by atoms with Crippen LogP contribution in [0.1, 0.15) is 0 Å². The Hall–Kier alpha value is -2.86. The first-order valence-corrected chi connectivity index (χ1v) is 7.54. The Bertz CT molecular complexity index is 969. The summed E-state index contributed by atoms with van der Waals surface area (Å²) in [6, 6.07) is 11.9. The van der Waals surface area contributed by atoms with Crippen molar-refractivity contribution in [3.8, 4) is 5.75 Å². The molecule has 1 heterocycles. The number of hydrogen-bond donors (Lipinski definition) is 1. The van der Waals surface area contributed by atoms with Gasteiger partial charge in [0.2, 0.25) is 5.91 Å². The lowest BCUT2D eigenvalue weighted by Crippen LogP contribution is -2.28. The summed E-state index contributed by atoms with van der Waals surface area (Å²) in [5.41, 5.74) is 0.748. The minimum absolute atomic E-state index is 0.160. The number of amides is 1. The topological polar surface area (TPSA) is 73.2 Å². The number of carbonyl (C=O) groups excluding carboxylic acids is 1. The van der Waals surface area contributed by atoms with E-state index in [0.717, 1.165) is 0 Å². The van der Waals surface area contributed by atoms with Crippen LogP contribution in [-0.2, 0) is 11.3 Å². The standard InChI is InChI=1S/C17H14ClN3O3/c1-24-15-5-3-2-4-14(15)20-16(22)9-21-10-19-13-7-6-11(18)8-12(13)17(21)23/h2-8,10H,9H2,1H3,(H,20,22). The lowest BCUT2D eigenvalue weighted by molar-refractivity contribution is -0.116. The van der Waals surface area contributed by atoms with E-state index in [0.29, 0.717) is 27.4 Å². The third-order valence-corrected chi connectivity index (χ3v) is 3.72. The van der Waals surface area contributed by atoms with E-state index in [1.54, 1.807) is 42.5 Å². The van der Waals surface area contributed by atoms with Crippen molar-refractivity contribution in [2.45, 2.75) is 6.54 Å². The molecule has 0 unspecified atom stereocenters. The summed E-state index contributed by atoms with van der Waals surface area (Å²) in [7, 11) is 1.52. The Kier molecular flexibility index (Phi) is 4.48. The number of fused-ring (bicyclic) bond motifs is 1. The van der Waals surface area contributed by atoms with Crippen LogP contribution in [0.5, 0.6) is 5.75 Å². The van der Waals surface area contributed by atoms with Crippen LogP contribution < -0.4 is 15.6 Å². The number of para-hydroxylation sites is 2. The molecule has 24 heavy (non-hydrogen) atoms. The van der Waals surface area contributed by atoms with Gasteiger partial charge in [-0.05, 0) is 30.3 Å². The van der Waals surface area contributed by atoms with Gasteiger partial charge in [0.1, 0.15) is 12.3 Å². The number of carbonyl (C=O) groups is 1. The van der Waals surface area contributed by atoms with Gasteiger partial charge < -0.3 is 10.1 Å². The number of anilines is 1. The summed E-state index contributed by atoms with van der Waals surface area (Å²) in [4.78, 5) is 28.9. The fraction of sp³-hybridized carbons (Fsp3) is 0.118. The summed E-state index contributed by atoms with van der Waals surface area (Å²) in [5.74, 6) is 0.186. The molecule has 1 N–H and O–H groups in total. The molecular formula is C17H14ClN3O3. The number of aromatic nitrogens is 2. The number of nitrogens with zero attached hydrogens (tertiary/aromatic N) is 2. The molecule has 0 radical (unpaired) electrons. The molecule has 0 bridgehead atoms. The van der Waals surface area contributed by atoms with E-state index in [1.165, 1.54) is 18.0 Å². The van der Waals surface area contributed by atoms with Crippen LogP contribution >= 0.6 is 11.6 Å². The van der Waals surface area contributed by atoms with Crippen molar-refractivity contribution >= 4 is 34.1 Å². The molecule has 0 fully saturated rings.